The molecule has 76 valence electrons. The summed E-state index contributed by atoms with van der Waals surface area (Å²) in [6, 6.07) is 1.32. The Balaban J connectivity index is 2.83. The number of hydrogen-bond acceptors (Lipinski definition) is 4. The quantitative estimate of drug-likeness (QED) is 0.450. The van der Waals surface area contributed by atoms with Crippen LogP contribution in [-0.2, 0) is 4.79 Å². The molecule has 2 unspecified atom stereocenters. The van der Waals surface area contributed by atoms with Crippen LogP contribution in [0, 0.1) is 0 Å². The normalized spacial score (nSPS) is 14.7. The van der Waals surface area contributed by atoms with Crippen molar-refractivity contribution in [1.82, 2.24) is 4.98 Å². The number of aliphatic hydroxyl groups is 2. The number of aliphatic hydroxyl groups excluding tert-OH is 2. The largest absolute Gasteiger partial charge is 0.385 e. The Hall–Kier alpha value is -1.66. The molecular weight excluding hydrogens is 188 g/mol. The fraction of sp³-hybridized carbons (Fsp3) is 0.250. The average molecular weight is 198 g/mol. The summed E-state index contributed by atoms with van der Waals surface area (Å²) in [6.45, 7) is 0. The van der Waals surface area contributed by atoms with Gasteiger partial charge >= 0.3 is 0 Å². The van der Waals surface area contributed by atoms with Crippen LogP contribution in [0.25, 0.3) is 0 Å². The van der Waals surface area contributed by atoms with E-state index < -0.39 is 18.1 Å². The first-order valence-electron chi connectivity index (χ1n) is 3.85. The zero-order valence-electron chi connectivity index (χ0n) is 7.18. The highest BCUT2D eigenvalue weighted by atomic mass is 16.3. The predicted octanol–water partition coefficient (Wildman–Crippen LogP) is -1.29. The second-order valence-corrected chi connectivity index (χ2v) is 2.80. The Morgan fingerprint density at radius 3 is 2.64 bits per heavy atom. The maximum Gasteiger partial charge on any atom is 0.249 e. The van der Waals surface area contributed by atoms with Crippen LogP contribution >= 0.6 is 0 Å². The monoisotopic (exact) mass is 198 g/mol. The van der Waals surface area contributed by atoms with Crippen molar-refractivity contribution in [2.75, 3.05) is 0 Å². The molecule has 2 atom stereocenters. The van der Waals surface area contributed by atoms with Gasteiger partial charge in [0.05, 0.1) is 5.69 Å². The number of aromatic nitrogens is 1. The molecule has 0 aromatic carbocycles. The molecule has 0 bridgehead atoms. The molecular formula is C8H10N2O4. The lowest BCUT2D eigenvalue weighted by Crippen LogP contribution is -2.33. The van der Waals surface area contributed by atoms with Crippen molar-refractivity contribution in [3.63, 3.8) is 0 Å². The number of carbonyl (C=O) groups is 2. The van der Waals surface area contributed by atoms with Gasteiger partial charge in [0, 0.05) is 11.8 Å². The smallest absolute Gasteiger partial charge is 0.249 e. The maximum atomic E-state index is 10.5. The number of nitrogens with two attached hydrogens (primary N) is 1. The first kappa shape index (κ1) is 10.4. The minimum absolute atomic E-state index is 0.235. The molecule has 0 aliphatic heterocycles. The van der Waals surface area contributed by atoms with Crippen molar-refractivity contribution in [1.29, 1.82) is 0 Å². The molecule has 0 saturated heterocycles. The first-order valence-corrected chi connectivity index (χ1v) is 3.85. The van der Waals surface area contributed by atoms with E-state index in [0.29, 0.717) is 6.29 Å². The Kier molecular flexibility index (Phi) is 3.00. The molecule has 1 aromatic rings. The molecule has 6 nitrogen and oxygen atoms in total. The summed E-state index contributed by atoms with van der Waals surface area (Å²) in [7, 11) is 0. The molecule has 1 heterocycles. The molecule has 1 amide bonds. The summed E-state index contributed by atoms with van der Waals surface area (Å²) >= 11 is 0. The molecule has 5 N–H and O–H groups in total. The maximum absolute atomic E-state index is 10.5. The SMILES string of the molecule is NC(=O)C(O)C(O)c1c[nH]c(C=O)c1. The summed E-state index contributed by atoms with van der Waals surface area (Å²) < 4.78 is 0. The van der Waals surface area contributed by atoms with Gasteiger partial charge in [0.15, 0.2) is 12.4 Å². The fourth-order valence-electron chi connectivity index (χ4n) is 1.01. The third-order valence-electron chi connectivity index (χ3n) is 1.79. The van der Waals surface area contributed by atoms with Gasteiger partial charge in [-0.05, 0) is 6.07 Å². The van der Waals surface area contributed by atoms with E-state index in [2.05, 4.69) is 4.98 Å². The number of amides is 1. The Labute approximate surface area is 79.4 Å². The Morgan fingerprint density at radius 2 is 2.21 bits per heavy atom. The number of carbonyl (C=O) groups excluding carboxylic acids is 2. The van der Waals surface area contributed by atoms with Gasteiger partial charge in [-0.25, -0.2) is 0 Å². The van der Waals surface area contributed by atoms with Crippen molar-refractivity contribution in [2.45, 2.75) is 12.2 Å². The average Bonchev–Trinajstić information content (AvgIpc) is 2.63. The minimum Gasteiger partial charge on any atom is -0.385 e. The number of hydrogen-bond donors (Lipinski definition) is 4. The number of nitrogens with one attached hydrogen (secondary N) is 1. The molecule has 0 aliphatic carbocycles. The third-order valence-corrected chi connectivity index (χ3v) is 1.79. The number of primary amides is 1. The number of H-pyrrole nitrogens is 1. The fourth-order valence-corrected chi connectivity index (χ4v) is 1.01. The van der Waals surface area contributed by atoms with Gasteiger partial charge in [-0.2, -0.15) is 0 Å². The Morgan fingerprint density at radius 1 is 1.57 bits per heavy atom. The van der Waals surface area contributed by atoms with Gasteiger partial charge in [0.2, 0.25) is 5.91 Å². The van der Waals surface area contributed by atoms with E-state index in [0.717, 1.165) is 0 Å². The van der Waals surface area contributed by atoms with Crippen LogP contribution in [0.1, 0.15) is 22.2 Å². The molecule has 6 heteroatoms. The van der Waals surface area contributed by atoms with E-state index >= 15 is 0 Å². The zero-order chi connectivity index (χ0) is 10.7. The van der Waals surface area contributed by atoms with Crippen LogP contribution in [-0.4, -0.2) is 33.5 Å². The van der Waals surface area contributed by atoms with E-state index in [-0.39, 0.29) is 11.3 Å². The lowest BCUT2D eigenvalue weighted by Gasteiger charge is -2.12. The van der Waals surface area contributed by atoms with Crippen molar-refractivity contribution in [3.8, 4) is 0 Å². The number of aromatic amines is 1. The second-order valence-electron chi connectivity index (χ2n) is 2.80. The Bertz CT molecular complexity index is 347. The molecule has 0 radical (unpaired) electrons. The molecule has 1 aromatic heterocycles. The van der Waals surface area contributed by atoms with Crippen molar-refractivity contribution >= 4 is 12.2 Å². The lowest BCUT2D eigenvalue weighted by atomic mass is 10.1. The van der Waals surface area contributed by atoms with Crippen molar-refractivity contribution < 1.29 is 19.8 Å². The van der Waals surface area contributed by atoms with E-state index in [1.165, 1.54) is 12.3 Å². The standard InChI is InChI=1S/C8H10N2O4/c9-8(14)7(13)6(12)4-1-5(3-11)10-2-4/h1-3,6-7,10,12-13H,(H2,9,14). The highest BCUT2D eigenvalue weighted by Crippen LogP contribution is 2.16. The van der Waals surface area contributed by atoms with Gasteiger partial charge in [-0.15, -0.1) is 0 Å². The van der Waals surface area contributed by atoms with Gasteiger partial charge in [0.25, 0.3) is 0 Å². The summed E-state index contributed by atoms with van der Waals surface area (Å²) in [4.78, 5) is 23.3. The molecule has 0 fully saturated rings. The molecule has 0 saturated carbocycles. The summed E-state index contributed by atoms with van der Waals surface area (Å²) in [5, 5.41) is 18.5. The summed E-state index contributed by atoms with van der Waals surface area (Å²) in [5.74, 6) is -1.02. The summed E-state index contributed by atoms with van der Waals surface area (Å²) in [6.07, 6.45) is -1.23. The van der Waals surface area contributed by atoms with Crippen LogP contribution in [0.15, 0.2) is 12.3 Å². The van der Waals surface area contributed by atoms with E-state index in [4.69, 9.17) is 10.8 Å². The van der Waals surface area contributed by atoms with Gasteiger partial charge in [0.1, 0.15) is 6.10 Å². The van der Waals surface area contributed by atoms with Gasteiger partial charge in [-0.3, -0.25) is 9.59 Å². The van der Waals surface area contributed by atoms with Crippen molar-refractivity contribution in [2.24, 2.45) is 5.73 Å². The van der Waals surface area contributed by atoms with Crippen LogP contribution < -0.4 is 5.73 Å². The van der Waals surface area contributed by atoms with Crippen LogP contribution in [0.4, 0.5) is 0 Å². The highest BCUT2D eigenvalue weighted by Gasteiger charge is 2.24. The van der Waals surface area contributed by atoms with E-state index in [1.807, 2.05) is 0 Å². The topological polar surface area (TPSA) is 116 Å². The van der Waals surface area contributed by atoms with Crippen LogP contribution in [0.3, 0.4) is 0 Å². The summed E-state index contributed by atoms with van der Waals surface area (Å²) in [5.41, 5.74) is 5.27. The molecule has 1 rings (SSSR count). The van der Waals surface area contributed by atoms with Crippen LogP contribution in [0.5, 0.6) is 0 Å². The third kappa shape index (κ3) is 1.98. The number of aldehydes is 1. The molecule has 0 aliphatic rings. The van der Waals surface area contributed by atoms with E-state index in [9.17, 15) is 14.7 Å². The van der Waals surface area contributed by atoms with Crippen LogP contribution in [0.2, 0.25) is 0 Å². The first-order chi connectivity index (χ1) is 6.56. The van der Waals surface area contributed by atoms with Crippen molar-refractivity contribution in [3.05, 3.63) is 23.5 Å². The molecule has 14 heavy (non-hydrogen) atoms. The highest BCUT2D eigenvalue weighted by molar-refractivity contribution is 5.79. The van der Waals surface area contributed by atoms with Gasteiger partial charge < -0.3 is 20.9 Å². The predicted molar refractivity (Wildman–Crippen MR) is 46.3 cm³/mol. The number of rotatable bonds is 4. The van der Waals surface area contributed by atoms with Gasteiger partial charge in [-0.1, -0.05) is 0 Å². The lowest BCUT2D eigenvalue weighted by molar-refractivity contribution is -0.131. The molecule has 0 spiro atoms. The minimum atomic E-state index is -1.68. The second kappa shape index (κ2) is 4.03. The zero-order valence-corrected chi connectivity index (χ0v) is 7.18. The van der Waals surface area contributed by atoms with E-state index in [1.54, 1.807) is 0 Å².